The summed E-state index contributed by atoms with van der Waals surface area (Å²) in [7, 11) is 1.53. The lowest BCUT2D eigenvalue weighted by atomic mass is 9.97. The molecule has 0 radical (unpaired) electrons. The van der Waals surface area contributed by atoms with E-state index in [9.17, 15) is 5.11 Å². The molecular formula is C12H12O2. The summed E-state index contributed by atoms with van der Waals surface area (Å²) >= 11 is 0. The zero-order chi connectivity index (χ0) is 10.2. The van der Waals surface area contributed by atoms with Gasteiger partial charge in [0, 0.05) is 0 Å². The van der Waals surface area contributed by atoms with Gasteiger partial charge in [-0.05, 0) is 30.5 Å². The molecule has 0 aromatic heterocycles. The Bertz CT molecular complexity index is 397. The van der Waals surface area contributed by atoms with Gasteiger partial charge in [0.1, 0.15) is 0 Å². The van der Waals surface area contributed by atoms with E-state index >= 15 is 0 Å². The molecule has 1 aromatic carbocycles. The first-order valence-corrected chi connectivity index (χ1v) is 4.57. The number of phenols is 1. The third-order valence-corrected chi connectivity index (χ3v) is 2.76. The lowest BCUT2D eigenvalue weighted by molar-refractivity contribution is 0.373. The Labute approximate surface area is 83.5 Å². The molecule has 1 aliphatic rings. The molecule has 1 fully saturated rings. The van der Waals surface area contributed by atoms with Gasteiger partial charge < -0.3 is 9.84 Å². The van der Waals surface area contributed by atoms with Crippen molar-refractivity contribution in [2.24, 2.45) is 0 Å². The van der Waals surface area contributed by atoms with Crippen LogP contribution in [0.15, 0.2) is 18.2 Å². The van der Waals surface area contributed by atoms with Gasteiger partial charge in [-0.1, -0.05) is 12.0 Å². The summed E-state index contributed by atoms with van der Waals surface area (Å²) in [4.78, 5) is 0. The molecule has 72 valence electrons. The van der Waals surface area contributed by atoms with Crippen molar-refractivity contribution < 1.29 is 9.84 Å². The number of methoxy groups -OCH3 is 1. The van der Waals surface area contributed by atoms with E-state index in [1.54, 1.807) is 12.1 Å². The van der Waals surface area contributed by atoms with Crippen LogP contribution < -0.4 is 4.74 Å². The third-order valence-electron chi connectivity index (χ3n) is 2.76. The van der Waals surface area contributed by atoms with Crippen LogP contribution in [0, 0.1) is 12.3 Å². The average Bonchev–Trinajstić information content (AvgIpc) is 2.98. The number of ether oxygens (including phenoxy) is 1. The number of phenolic OH excluding ortho intramolecular Hbond substituents is 1. The summed E-state index contributed by atoms with van der Waals surface area (Å²) in [5.74, 6) is 3.43. The fourth-order valence-corrected chi connectivity index (χ4v) is 1.63. The first kappa shape index (κ1) is 8.96. The van der Waals surface area contributed by atoms with Crippen LogP contribution in [-0.4, -0.2) is 12.2 Å². The molecule has 1 saturated carbocycles. The zero-order valence-corrected chi connectivity index (χ0v) is 8.08. The van der Waals surface area contributed by atoms with Gasteiger partial charge in [0.05, 0.1) is 12.5 Å². The molecule has 1 aliphatic carbocycles. The summed E-state index contributed by atoms with van der Waals surface area (Å²) in [6.07, 6.45) is 7.48. The highest BCUT2D eigenvalue weighted by molar-refractivity contribution is 5.49. The smallest absolute Gasteiger partial charge is 0.160 e. The maximum atomic E-state index is 9.58. The van der Waals surface area contributed by atoms with Gasteiger partial charge in [-0.3, -0.25) is 0 Å². The highest BCUT2D eigenvalue weighted by atomic mass is 16.5. The quantitative estimate of drug-likeness (QED) is 0.720. The van der Waals surface area contributed by atoms with Crippen LogP contribution in [0.1, 0.15) is 18.4 Å². The Morgan fingerprint density at radius 3 is 2.64 bits per heavy atom. The fourth-order valence-electron chi connectivity index (χ4n) is 1.63. The summed E-state index contributed by atoms with van der Waals surface area (Å²) in [6.45, 7) is 0. The summed E-state index contributed by atoms with van der Waals surface area (Å²) in [5, 5.41) is 9.58. The van der Waals surface area contributed by atoms with Crippen LogP contribution in [0.25, 0.3) is 0 Å². The van der Waals surface area contributed by atoms with E-state index in [2.05, 4.69) is 5.92 Å². The zero-order valence-electron chi connectivity index (χ0n) is 8.08. The van der Waals surface area contributed by atoms with Crippen molar-refractivity contribution in [3.05, 3.63) is 23.8 Å². The Kier molecular flexibility index (Phi) is 1.89. The van der Waals surface area contributed by atoms with Crippen molar-refractivity contribution in [2.45, 2.75) is 18.3 Å². The van der Waals surface area contributed by atoms with Crippen LogP contribution in [0.4, 0.5) is 0 Å². The monoisotopic (exact) mass is 188 g/mol. The van der Waals surface area contributed by atoms with Crippen molar-refractivity contribution in [1.29, 1.82) is 0 Å². The Hall–Kier alpha value is -1.62. The number of hydrogen-bond donors (Lipinski definition) is 1. The molecule has 0 saturated heterocycles. The van der Waals surface area contributed by atoms with Crippen molar-refractivity contribution in [3.8, 4) is 23.8 Å². The van der Waals surface area contributed by atoms with Gasteiger partial charge in [-0.2, -0.15) is 0 Å². The normalized spacial score (nSPS) is 17.1. The number of rotatable bonds is 2. The predicted octanol–water partition coefficient (Wildman–Crippen LogP) is 2.07. The molecule has 1 aromatic rings. The topological polar surface area (TPSA) is 29.5 Å². The number of hydrogen-bond acceptors (Lipinski definition) is 2. The summed E-state index contributed by atoms with van der Waals surface area (Å²) < 4.78 is 4.97. The first-order chi connectivity index (χ1) is 6.72. The van der Waals surface area contributed by atoms with Crippen LogP contribution in [0.3, 0.4) is 0 Å². The molecule has 1 N–H and O–H groups in total. The second kappa shape index (κ2) is 2.95. The van der Waals surface area contributed by atoms with E-state index in [-0.39, 0.29) is 11.2 Å². The van der Waals surface area contributed by atoms with Crippen molar-refractivity contribution in [1.82, 2.24) is 0 Å². The molecule has 14 heavy (non-hydrogen) atoms. The fraction of sp³-hybridized carbons (Fsp3) is 0.333. The molecule has 0 unspecified atom stereocenters. The molecular weight excluding hydrogens is 176 g/mol. The molecule has 0 aliphatic heterocycles. The van der Waals surface area contributed by atoms with E-state index in [4.69, 9.17) is 11.2 Å². The molecule has 2 rings (SSSR count). The standard InChI is InChI=1S/C12H12O2/c1-3-12(6-7-12)9-4-5-11(14-2)10(13)8-9/h1,4-5,8,13H,6-7H2,2H3. The van der Waals surface area contributed by atoms with Crippen LogP contribution in [-0.2, 0) is 5.41 Å². The molecule has 0 amide bonds. The third kappa shape index (κ3) is 1.22. The predicted molar refractivity (Wildman–Crippen MR) is 54.4 cm³/mol. The molecule has 0 atom stereocenters. The lowest BCUT2D eigenvalue weighted by Crippen LogP contribution is -2.02. The highest BCUT2D eigenvalue weighted by Gasteiger charge is 2.42. The van der Waals surface area contributed by atoms with Crippen LogP contribution in [0.2, 0.25) is 0 Å². The van der Waals surface area contributed by atoms with Gasteiger partial charge in [-0.15, -0.1) is 6.42 Å². The summed E-state index contributed by atoms with van der Waals surface area (Å²) in [5.41, 5.74) is 0.891. The number of benzene rings is 1. The number of aromatic hydroxyl groups is 1. The molecule has 2 heteroatoms. The van der Waals surface area contributed by atoms with E-state index in [1.165, 1.54) is 7.11 Å². The second-order valence-corrected chi connectivity index (χ2v) is 3.61. The highest BCUT2D eigenvalue weighted by Crippen LogP contribution is 2.48. The minimum atomic E-state index is -0.121. The number of terminal acetylenes is 1. The SMILES string of the molecule is C#CC1(c2ccc(OC)c(O)c2)CC1. The van der Waals surface area contributed by atoms with Gasteiger partial charge in [0.15, 0.2) is 11.5 Å². The van der Waals surface area contributed by atoms with Crippen molar-refractivity contribution in [2.75, 3.05) is 7.11 Å². The van der Waals surface area contributed by atoms with E-state index in [0.29, 0.717) is 5.75 Å². The van der Waals surface area contributed by atoms with E-state index in [0.717, 1.165) is 18.4 Å². The minimum absolute atomic E-state index is 0.121. The van der Waals surface area contributed by atoms with E-state index < -0.39 is 0 Å². The van der Waals surface area contributed by atoms with Crippen molar-refractivity contribution >= 4 is 0 Å². The average molecular weight is 188 g/mol. The minimum Gasteiger partial charge on any atom is -0.504 e. The van der Waals surface area contributed by atoms with Gasteiger partial charge in [0.2, 0.25) is 0 Å². The molecule has 0 bridgehead atoms. The van der Waals surface area contributed by atoms with E-state index in [1.807, 2.05) is 6.07 Å². The Morgan fingerprint density at radius 2 is 2.21 bits per heavy atom. The van der Waals surface area contributed by atoms with Crippen molar-refractivity contribution in [3.63, 3.8) is 0 Å². The Balaban J connectivity index is 2.39. The van der Waals surface area contributed by atoms with Gasteiger partial charge in [0.25, 0.3) is 0 Å². The maximum absolute atomic E-state index is 9.58. The van der Waals surface area contributed by atoms with Crippen LogP contribution >= 0.6 is 0 Å². The molecule has 0 spiro atoms. The van der Waals surface area contributed by atoms with Gasteiger partial charge >= 0.3 is 0 Å². The Morgan fingerprint density at radius 1 is 1.50 bits per heavy atom. The molecule has 2 nitrogen and oxygen atoms in total. The maximum Gasteiger partial charge on any atom is 0.160 e. The largest absolute Gasteiger partial charge is 0.504 e. The second-order valence-electron chi connectivity index (χ2n) is 3.61. The lowest BCUT2D eigenvalue weighted by Gasteiger charge is -2.10. The molecule has 0 heterocycles. The van der Waals surface area contributed by atoms with Crippen LogP contribution in [0.5, 0.6) is 11.5 Å². The first-order valence-electron chi connectivity index (χ1n) is 4.57. The summed E-state index contributed by atoms with van der Waals surface area (Å²) in [6, 6.07) is 5.37. The van der Waals surface area contributed by atoms with Gasteiger partial charge in [-0.25, -0.2) is 0 Å².